The van der Waals surface area contributed by atoms with E-state index in [1.165, 1.54) is 6.92 Å². The topological polar surface area (TPSA) is 248 Å². The van der Waals surface area contributed by atoms with Crippen molar-refractivity contribution in [1.29, 1.82) is 0 Å². The van der Waals surface area contributed by atoms with Crippen LogP contribution in [0.5, 0.6) is 0 Å². The number of hydrogen-bond acceptors (Lipinski definition) is 15. The molecule has 0 aromatic rings. The molecule has 10 N–H and O–H groups in total. The van der Waals surface area contributed by atoms with Crippen LogP contribution in [0.2, 0.25) is 0 Å². The lowest BCUT2D eigenvalue weighted by Gasteiger charge is -2.48. The minimum absolute atomic E-state index is 0.747. The van der Waals surface area contributed by atoms with Crippen molar-refractivity contribution >= 4 is 0 Å². The molecule has 33 heavy (non-hydrogen) atoms. The maximum Gasteiger partial charge on any atom is 0.187 e. The van der Waals surface area contributed by atoms with Crippen LogP contribution in [0.3, 0.4) is 0 Å². The lowest BCUT2D eigenvalue weighted by molar-refractivity contribution is -0.382. The molecule has 3 aliphatic rings. The Morgan fingerprint density at radius 2 is 1.06 bits per heavy atom. The summed E-state index contributed by atoms with van der Waals surface area (Å²) in [6, 6.07) is 0. The van der Waals surface area contributed by atoms with Gasteiger partial charge in [-0.3, -0.25) is 0 Å². The first-order valence-corrected chi connectivity index (χ1v) is 10.4. The minimum Gasteiger partial charge on any atom is -0.394 e. The van der Waals surface area contributed by atoms with Gasteiger partial charge in [0.1, 0.15) is 67.1 Å². The molecule has 0 radical (unpaired) electrons. The molecule has 3 aliphatic heterocycles. The maximum atomic E-state index is 10.5. The predicted molar refractivity (Wildman–Crippen MR) is 99.8 cm³/mol. The Morgan fingerprint density at radius 1 is 0.545 bits per heavy atom. The fourth-order valence-electron chi connectivity index (χ4n) is 3.99. The zero-order valence-electron chi connectivity index (χ0n) is 17.6. The third kappa shape index (κ3) is 5.32. The molecule has 0 amide bonds. The highest BCUT2D eigenvalue weighted by molar-refractivity contribution is 4.96. The molecule has 0 aromatic heterocycles. The van der Waals surface area contributed by atoms with Crippen molar-refractivity contribution in [2.75, 3.05) is 13.2 Å². The highest BCUT2D eigenvalue weighted by atomic mass is 16.8. The smallest absolute Gasteiger partial charge is 0.187 e. The summed E-state index contributed by atoms with van der Waals surface area (Å²) in [5.41, 5.74) is 0. The van der Waals surface area contributed by atoms with Crippen LogP contribution in [0.25, 0.3) is 0 Å². The number of hydrogen-bond donors (Lipinski definition) is 10. The summed E-state index contributed by atoms with van der Waals surface area (Å²) >= 11 is 0. The second kappa shape index (κ2) is 11.0. The summed E-state index contributed by atoms with van der Waals surface area (Å²) in [6.45, 7) is -0.118. The normalized spacial score (nSPS) is 53.7. The number of aliphatic hydroxyl groups is 10. The van der Waals surface area contributed by atoms with Crippen LogP contribution in [0.4, 0.5) is 0 Å². The SMILES string of the molecule is C[C@@H]1O[C@@H](O[C@H]2[C@H](O[C@@H]3O[C@H](CO)[C@H](O)[C@H](O)[C@@H]3O)[C@@H](O)[C@H](O)O[C@@H]2CO)[C@@H](O)[C@H](O)[C@@H]1O. The Balaban J connectivity index is 1.83. The van der Waals surface area contributed by atoms with Gasteiger partial charge in [-0.15, -0.1) is 0 Å². The van der Waals surface area contributed by atoms with Gasteiger partial charge in [0, 0.05) is 0 Å². The van der Waals surface area contributed by atoms with Crippen molar-refractivity contribution in [2.45, 2.75) is 99.0 Å². The van der Waals surface area contributed by atoms with Crippen LogP contribution in [-0.4, -0.2) is 156 Å². The van der Waals surface area contributed by atoms with Gasteiger partial charge in [0.25, 0.3) is 0 Å². The van der Waals surface area contributed by atoms with E-state index in [-0.39, 0.29) is 0 Å². The highest BCUT2D eigenvalue weighted by Gasteiger charge is 2.53. The summed E-state index contributed by atoms with van der Waals surface area (Å²) in [7, 11) is 0. The molecule has 194 valence electrons. The largest absolute Gasteiger partial charge is 0.394 e. The van der Waals surface area contributed by atoms with Crippen molar-refractivity contribution in [3.05, 3.63) is 0 Å². The minimum atomic E-state index is -1.89. The van der Waals surface area contributed by atoms with Gasteiger partial charge in [0.15, 0.2) is 18.9 Å². The van der Waals surface area contributed by atoms with Crippen LogP contribution in [0.1, 0.15) is 6.92 Å². The van der Waals surface area contributed by atoms with Crippen molar-refractivity contribution in [1.82, 2.24) is 0 Å². The van der Waals surface area contributed by atoms with Gasteiger partial charge in [-0.05, 0) is 6.92 Å². The molecule has 0 saturated carbocycles. The lowest BCUT2D eigenvalue weighted by Crippen LogP contribution is -2.66. The van der Waals surface area contributed by atoms with Crippen molar-refractivity contribution < 1.29 is 74.7 Å². The standard InChI is InChI=1S/C18H32O15/c1-4-7(21)9(23)11(25)17(29-4)32-14-6(3-20)30-16(28)13(27)15(14)33-18-12(26)10(24)8(22)5(2-19)31-18/h4-28H,2-3H2,1H3/t4-,5+,6+,7+,8-,9+,10-,11-,12-,13+,14+,15+,16+,17-,18-/m0/s1. The summed E-state index contributed by atoms with van der Waals surface area (Å²) in [6.07, 6.45) is -24.1. The van der Waals surface area contributed by atoms with E-state index in [9.17, 15) is 51.1 Å². The second-order valence-electron chi connectivity index (χ2n) is 8.32. The average Bonchev–Trinajstić information content (AvgIpc) is 2.80. The number of ether oxygens (including phenoxy) is 5. The van der Waals surface area contributed by atoms with E-state index in [0.717, 1.165) is 0 Å². The highest BCUT2D eigenvalue weighted by Crippen LogP contribution is 2.32. The Bertz CT molecular complexity index is 624. The van der Waals surface area contributed by atoms with E-state index in [2.05, 4.69) is 0 Å². The monoisotopic (exact) mass is 488 g/mol. The first-order chi connectivity index (χ1) is 15.5. The molecule has 3 fully saturated rings. The summed E-state index contributed by atoms with van der Waals surface area (Å²) < 4.78 is 26.9. The molecular formula is C18H32O15. The van der Waals surface area contributed by atoms with Gasteiger partial charge in [-0.25, -0.2) is 0 Å². The van der Waals surface area contributed by atoms with Crippen LogP contribution in [0, 0.1) is 0 Å². The van der Waals surface area contributed by atoms with Gasteiger partial charge in [0.2, 0.25) is 0 Å². The van der Waals surface area contributed by atoms with Gasteiger partial charge in [0.05, 0.1) is 19.3 Å². The molecule has 0 unspecified atom stereocenters. The van der Waals surface area contributed by atoms with Crippen LogP contribution < -0.4 is 0 Å². The zero-order chi connectivity index (χ0) is 24.6. The molecule has 3 heterocycles. The van der Waals surface area contributed by atoms with Gasteiger partial charge < -0.3 is 74.7 Å². The fourth-order valence-corrected chi connectivity index (χ4v) is 3.99. The van der Waals surface area contributed by atoms with Gasteiger partial charge in [-0.1, -0.05) is 0 Å². The van der Waals surface area contributed by atoms with E-state index < -0.39 is 105 Å². The van der Waals surface area contributed by atoms with Gasteiger partial charge in [-0.2, -0.15) is 0 Å². The molecule has 15 heteroatoms. The Morgan fingerprint density at radius 3 is 1.64 bits per heavy atom. The quantitative estimate of drug-likeness (QED) is 0.167. The van der Waals surface area contributed by atoms with E-state index in [0.29, 0.717) is 0 Å². The van der Waals surface area contributed by atoms with Crippen LogP contribution in [-0.2, 0) is 23.7 Å². The first kappa shape index (κ1) is 27.0. The zero-order valence-corrected chi connectivity index (χ0v) is 17.6. The lowest BCUT2D eigenvalue weighted by atomic mass is 9.96. The molecule has 0 aliphatic carbocycles. The predicted octanol–water partition coefficient (Wildman–Crippen LogP) is -6.55. The first-order valence-electron chi connectivity index (χ1n) is 10.4. The maximum absolute atomic E-state index is 10.5. The van der Waals surface area contributed by atoms with E-state index >= 15 is 0 Å². The van der Waals surface area contributed by atoms with Crippen molar-refractivity contribution in [3.63, 3.8) is 0 Å². The molecule has 3 saturated heterocycles. The fraction of sp³-hybridized carbons (Fsp3) is 1.00. The second-order valence-corrected chi connectivity index (χ2v) is 8.32. The number of aliphatic hydroxyl groups excluding tert-OH is 10. The molecular weight excluding hydrogens is 456 g/mol. The van der Waals surface area contributed by atoms with E-state index in [1.54, 1.807) is 0 Å². The molecule has 0 spiro atoms. The van der Waals surface area contributed by atoms with Crippen LogP contribution in [0.15, 0.2) is 0 Å². The Kier molecular flexibility index (Phi) is 8.99. The Hall–Kier alpha value is -0.600. The van der Waals surface area contributed by atoms with E-state index in [1.807, 2.05) is 0 Å². The van der Waals surface area contributed by atoms with Crippen molar-refractivity contribution in [2.24, 2.45) is 0 Å². The average molecular weight is 488 g/mol. The molecule has 0 aromatic carbocycles. The molecule has 3 rings (SSSR count). The summed E-state index contributed by atoms with van der Waals surface area (Å²) in [5, 5.41) is 99.8. The summed E-state index contributed by atoms with van der Waals surface area (Å²) in [4.78, 5) is 0. The summed E-state index contributed by atoms with van der Waals surface area (Å²) in [5.74, 6) is 0. The van der Waals surface area contributed by atoms with E-state index in [4.69, 9.17) is 23.7 Å². The number of rotatable bonds is 6. The Labute approximate surface area is 187 Å². The van der Waals surface area contributed by atoms with Gasteiger partial charge >= 0.3 is 0 Å². The molecule has 0 bridgehead atoms. The molecule has 15 atom stereocenters. The third-order valence-electron chi connectivity index (χ3n) is 6.05. The third-order valence-corrected chi connectivity index (χ3v) is 6.05. The van der Waals surface area contributed by atoms with Crippen LogP contribution >= 0.6 is 0 Å². The molecule has 15 nitrogen and oxygen atoms in total. The van der Waals surface area contributed by atoms with Crippen molar-refractivity contribution in [3.8, 4) is 0 Å².